The molecule has 1 fully saturated rings. The largest absolute Gasteiger partial charge is 0.491 e. The zero-order valence-corrected chi connectivity index (χ0v) is 20.0. The van der Waals surface area contributed by atoms with E-state index >= 15 is 0 Å². The SMILES string of the molecule is O=C1C[C@@H]2CCN(C(=O)CCc3ccccc3)C[C@@H]2CCOc2ccc(-c3ccccc3)cc2N1. The molecule has 0 unspecified atom stereocenters. The van der Waals surface area contributed by atoms with Crippen molar-refractivity contribution < 1.29 is 14.3 Å². The fourth-order valence-corrected chi connectivity index (χ4v) is 5.28. The van der Waals surface area contributed by atoms with Crippen LogP contribution in [0.4, 0.5) is 5.69 Å². The lowest BCUT2D eigenvalue weighted by Crippen LogP contribution is -2.45. The molecule has 2 amide bonds. The molecular weight excluding hydrogens is 436 g/mol. The van der Waals surface area contributed by atoms with Gasteiger partial charge in [0.15, 0.2) is 0 Å². The number of anilines is 1. The second-order valence-corrected chi connectivity index (χ2v) is 9.60. The van der Waals surface area contributed by atoms with E-state index in [0.29, 0.717) is 31.7 Å². The van der Waals surface area contributed by atoms with Crippen molar-refractivity contribution in [2.45, 2.75) is 32.1 Å². The lowest BCUT2D eigenvalue weighted by Gasteiger charge is -2.39. The van der Waals surface area contributed by atoms with Gasteiger partial charge < -0.3 is 15.0 Å². The maximum absolute atomic E-state index is 13.0. The van der Waals surface area contributed by atoms with Gasteiger partial charge in [0.2, 0.25) is 11.8 Å². The molecular formula is C30H32N2O3. The van der Waals surface area contributed by atoms with Crippen molar-refractivity contribution in [3.05, 3.63) is 84.4 Å². The summed E-state index contributed by atoms with van der Waals surface area (Å²) in [6, 6.07) is 26.2. The molecule has 1 saturated heterocycles. The number of aryl methyl sites for hydroxylation is 1. The number of piperidine rings is 1. The second kappa shape index (κ2) is 10.8. The van der Waals surface area contributed by atoms with Gasteiger partial charge in [-0.1, -0.05) is 66.7 Å². The fourth-order valence-electron chi connectivity index (χ4n) is 5.28. The van der Waals surface area contributed by atoms with Crippen molar-refractivity contribution in [2.24, 2.45) is 11.8 Å². The van der Waals surface area contributed by atoms with Gasteiger partial charge in [-0.05, 0) is 59.9 Å². The summed E-state index contributed by atoms with van der Waals surface area (Å²) in [7, 11) is 0. The smallest absolute Gasteiger partial charge is 0.224 e. The monoisotopic (exact) mass is 468 g/mol. The first-order chi connectivity index (χ1) is 17.2. The van der Waals surface area contributed by atoms with Crippen LogP contribution in [-0.2, 0) is 16.0 Å². The van der Waals surface area contributed by atoms with Crippen LogP contribution in [0.1, 0.15) is 31.2 Å². The maximum atomic E-state index is 13.0. The average molecular weight is 469 g/mol. The Balaban J connectivity index is 1.24. The van der Waals surface area contributed by atoms with E-state index in [1.54, 1.807) is 0 Å². The number of benzene rings is 3. The standard InChI is InChI=1S/C30H32N2O3/c33-29-20-25-15-17-32(30(34)14-11-22-7-3-1-4-8-22)21-26(25)16-18-35-28-13-12-24(19-27(28)31-29)23-9-5-2-6-10-23/h1-10,12-13,19,25-26H,11,14-18,20-21H2,(H,31,33)/t25-,26-/m0/s1. The number of hydrogen-bond donors (Lipinski definition) is 1. The van der Waals surface area contributed by atoms with Gasteiger partial charge in [-0.2, -0.15) is 0 Å². The Kier molecular flexibility index (Phi) is 7.12. The Morgan fingerprint density at radius 2 is 1.69 bits per heavy atom. The molecule has 0 aliphatic carbocycles. The summed E-state index contributed by atoms with van der Waals surface area (Å²) in [5, 5.41) is 3.10. The molecule has 5 nitrogen and oxygen atoms in total. The zero-order chi connectivity index (χ0) is 24.0. The number of rotatable bonds is 4. The molecule has 0 radical (unpaired) electrons. The Bertz CT molecular complexity index is 1160. The molecule has 5 heteroatoms. The molecule has 2 atom stereocenters. The number of fused-ring (bicyclic) bond motifs is 2. The van der Waals surface area contributed by atoms with E-state index in [-0.39, 0.29) is 23.7 Å². The van der Waals surface area contributed by atoms with E-state index in [1.165, 1.54) is 5.56 Å². The van der Waals surface area contributed by atoms with E-state index < -0.39 is 0 Å². The van der Waals surface area contributed by atoms with Crippen LogP contribution in [0, 0.1) is 11.8 Å². The first-order valence-corrected chi connectivity index (χ1v) is 12.6. The summed E-state index contributed by atoms with van der Waals surface area (Å²) in [5.41, 5.74) is 4.06. The molecule has 5 rings (SSSR count). The Labute approximate surface area is 207 Å². The number of nitrogens with zero attached hydrogens (tertiary/aromatic N) is 1. The van der Waals surface area contributed by atoms with Crippen LogP contribution in [0.15, 0.2) is 78.9 Å². The first-order valence-electron chi connectivity index (χ1n) is 12.6. The van der Waals surface area contributed by atoms with E-state index in [2.05, 4.69) is 29.6 Å². The highest BCUT2D eigenvalue weighted by Gasteiger charge is 2.33. The Morgan fingerprint density at radius 1 is 0.914 bits per heavy atom. The molecule has 3 aromatic carbocycles. The summed E-state index contributed by atoms with van der Waals surface area (Å²) in [5.74, 6) is 1.44. The quantitative estimate of drug-likeness (QED) is 0.545. The van der Waals surface area contributed by atoms with Crippen molar-refractivity contribution in [3.63, 3.8) is 0 Å². The van der Waals surface area contributed by atoms with Crippen molar-refractivity contribution in [2.75, 3.05) is 25.0 Å². The molecule has 180 valence electrons. The Hall–Kier alpha value is -3.60. The van der Waals surface area contributed by atoms with Gasteiger partial charge in [-0.25, -0.2) is 0 Å². The summed E-state index contributed by atoms with van der Waals surface area (Å²) in [6.07, 6.45) is 3.45. The Morgan fingerprint density at radius 3 is 2.49 bits per heavy atom. The molecule has 0 aromatic heterocycles. The maximum Gasteiger partial charge on any atom is 0.224 e. The van der Waals surface area contributed by atoms with Crippen molar-refractivity contribution in [1.29, 1.82) is 0 Å². The van der Waals surface area contributed by atoms with Gasteiger partial charge in [0.25, 0.3) is 0 Å². The third-order valence-electron chi connectivity index (χ3n) is 7.27. The fraction of sp³-hybridized carbons (Fsp3) is 0.333. The summed E-state index contributed by atoms with van der Waals surface area (Å²) >= 11 is 0. The van der Waals surface area contributed by atoms with E-state index in [1.807, 2.05) is 59.5 Å². The highest BCUT2D eigenvalue weighted by atomic mass is 16.5. The highest BCUT2D eigenvalue weighted by Crippen LogP contribution is 2.35. The summed E-state index contributed by atoms with van der Waals surface area (Å²) < 4.78 is 6.14. The third kappa shape index (κ3) is 5.73. The highest BCUT2D eigenvalue weighted by molar-refractivity contribution is 5.93. The summed E-state index contributed by atoms with van der Waals surface area (Å²) in [6.45, 7) is 1.99. The molecule has 35 heavy (non-hydrogen) atoms. The topological polar surface area (TPSA) is 58.6 Å². The van der Waals surface area contributed by atoms with Crippen molar-refractivity contribution >= 4 is 17.5 Å². The number of carbonyl (C=O) groups excluding carboxylic acids is 2. The predicted octanol–water partition coefficient (Wildman–Crippen LogP) is 5.56. The minimum atomic E-state index is 0.0146. The normalized spacial score (nSPS) is 20.1. The molecule has 1 N–H and O–H groups in total. The van der Waals surface area contributed by atoms with Crippen LogP contribution in [0.3, 0.4) is 0 Å². The average Bonchev–Trinajstić information content (AvgIpc) is 2.90. The number of amides is 2. The van der Waals surface area contributed by atoms with E-state index in [4.69, 9.17) is 4.74 Å². The van der Waals surface area contributed by atoms with Gasteiger partial charge in [0.05, 0.1) is 12.3 Å². The minimum absolute atomic E-state index is 0.0146. The number of carbonyl (C=O) groups is 2. The number of likely N-dealkylation sites (tertiary alicyclic amines) is 1. The molecule has 0 saturated carbocycles. The van der Waals surface area contributed by atoms with Crippen LogP contribution in [0.2, 0.25) is 0 Å². The lowest BCUT2D eigenvalue weighted by atomic mass is 9.80. The molecule has 0 spiro atoms. The second-order valence-electron chi connectivity index (χ2n) is 9.60. The van der Waals surface area contributed by atoms with Gasteiger partial charge in [-0.3, -0.25) is 9.59 Å². The number of hydrogen-bond acceptors (Lipinski definition) is 3. The lowest BCUT2D eigenvalue weighted by molar-refractivity contribution is -0.134. The van der Waals surface area contributed by atoms with Crippen molar-refractivity contribution in [3.8, 4) is 16.9 Å². The van der Waals surface area contributed by atoms with Crippen LogP contribution in [-0.4, -0.2) is 36.4 Å². The van der Waals surface area contributed by atoms with E-state index in [9.17, 15) is 9.59 Å². The zero-order valence-electron chi connectivity index (χ0n) is 20.0. The van der Waals surface area contributed by atoms with Crippen LogP contribution >= 0.6 is 0 Å². The van der Waals surface area contributed by atoms with Gasteiger partial charge in [-0.15, -0.1) is 0 Å². The molecule has 0 bridgehead atoms. The first kappa shape index (κ1) is 23.2. The predicted molar refractivity (Wildman–Crippen MR) is 138 cm³/mol. The minimum Gasteiger partial charge on any atom is -0.491 e. The van der Waals surface area contributed by atoms with Gasteiger partial charge >= 0.3 is 0 Å². The van der Waals surface area contributed by atoms with Gasteiger partial charge in [0, 0.05) is 25.9 Å². The van der Waals surface area contributed by atoms with Gasteiger partial charge in [0.1, 0.15) is 5.75 Å². The van der Waals surface area contributed by atoms with Crippen LogP contribution < -0.4 is 10.1 Å². The molecule has 2 aliphatic rings. The van der Waals surface area contributed by atoms with E-state index in [0.717, 1.165) is 42.6 Å². The number of ether oxygens (including phenoxy) is 1. The summed E-state index contributed by atoms with van der Waals surface area (Å²) in [4.78, 5) is 27.9. The molecule has 3 aromatic rings. The third-order valence-corrected chi connectivity index (χ3v) is 7.27. The molecule has 2 aliphatic heterocycles. The van der Waals surface area contributed by atoms with Crippen LogP contribution in [0.5, 0.6) is 5.75 Å². The van der Waals surface area contributed by atoms with Crippen LogP contribution in [0.25, 0.3) is 11.1 Å². The molecule has 2 heterocycles. The number of nitrogens with one attached hydrogen (secondary N) is 1. The van der Waals surface area contributed by atoms with Crippen molar-refractivity contribution in [1.82, 2.24) is 4.90 Å².